The average molecular weight is 386 g/mol. The second-order valence-corrected chi connectivity index (χ2v) is 9.01. The largest absolute Gasteiger partial charge is 0.333 e. The summed E-state index contributed by atoms with van der Waals surface area (Å²) in [4.78, 5) is 0.142. The third kappa shape index (κ3) is 5.01. The molecule has 0 spiro atoms. The number of hydrogen-bond acceptors (Lipinski definition) is 5. The van der Waals surface area contributed by atoms with Crippen molar-refractivity contribution in [3.05, 3.63) is 48.2 Å². The molecule has 1 aliphatic heterocycles. The Morgan fingerprint density at radius 1 is 1.28 bits per heavy atom. The molecule has 1 saturated heterocycles. The van der Waals surface area contributed by atoms with Gasteiger partial charge in [-0.05, 0) is 44.4 Å². The molecule has 25 heavy (non-hydrogen) atoms. The lowest BCUT2D eigenvalue weighted by atomic mass is 9.99. The van der Waals surface area contributed by atoms with Crippen LogP contribution < -0.4 is 5.14 Å². The van der Waals surface area contributed by atoms with Gasteiger partial charge in [-0.1, -0.05) is 24.3 Å². The van der Waals surface area contributed by atoms with Crippen molar-refractivity contribution in [2.45, 2.75) is 43.2 Å². The summed E-state index contributed by atoms with van der Waals surface area (Å²) in [5, 5.41) is 4.88. The molecule has 138 valence electrons. The Labute approximate surface area is 149 Å². The van der Waals surface area contributed by atoms with Crippen LogP contribution in [0.25, 0.3) is 0 Å². The fourth-order valence-corrected chi connectivity index (χ4v) is 5.07. The van der Waals surface area contributed by atoms with Gasteiger partial charge in [-0.2, -0.15) is 12.7 Å². The number of piperidine rings is 1. The molecule has 0 amide bonds. The smallest absolute Gasteiger partial charge is 0.257 e. The van der Waals surface area contributed by atoms with Crippen LogP contribution in [0.1, 0.15) is 24.8 Å². The standard InChI is InChI=1S/C16H22N2O5S2/c1-3-5-14-6-4-7-15(12-23-25(17,21)22)18(14)24(19,20)16-10-8-13(2)9-11-16/h5,8-11,14-15H,1,4,6-7,12H2,2H3,(H2,17,21,22)/t14-,15-/m0/s1. The second kappa shape index (κ2) is 7.82. The van der Waals surface area contributed by atoms with Crippen molar-refractivity contribution in [3.8, 4) is 0 Å². The van der Waals surface area contributed by atoms with Gasteiger partial charge >= 0.3 is 10.3 Å². The van der Waals surface area contributed by atoms with Crippen molar-refractivity contribution in [3.63, 3.8) is 0 Å². The van der Waals surface area contributed by atoms with Crippen LogP contribution in [0, 0.1) is 6.92 Å². The van der Waals surface area contributed by atoms with E-state index in [1.165, 1.54) is 16.4 Å². The fourth-order valence-electron chi connectivity index (χ4n) is 2.92. The van der Waals surface area contributed by atoms with E-state index in [4.69, 9.17) is 5.14 Å². The van der Waals surface area contributed by atoms with Crippen LogP contribution in [0.3, 0.4) is 0 Å². The Bertz CT molecular complexity index is 856. The zero-order valence-electron chi connectivity index (χ0n) is 14.0. The lowest BCUT2D eigenvalue weighted by Gasteiger charge is -2.39. The van der Waals surface area contributed by atoms with E-state index in [0.717, 1.165) is 12.0 Å². The van der Waals surface area contributed by atoms with Gasteiger partial charge in [0.1, 0.15) is 0 Å². The summed E-state index contributed by atoms with van der Waals surface area (Å²) in [5.74, 6) is 0. The molecule has 2 N–H and O–H groups in total. The molecule has 1 aliphatic rings. The minimum Gasteiger partial charge on any atom is -0.257 e. The molecule has 1 fully saturated rings. The van der Waals surface area contributed by atoms with Gasteiger partial charge in [0.25, 0.3) is 0 Å². The van der Waals surface area contributed by atoms with Crippen molar-refractivity contribution in [1.82, 2.24) is 4.31 Å². The number of aryl methyl sites for hydroxylation is 1. The fraction of sp³-hybridized carbons (Fsp3) is 0.438. The minimum absolute atomic E-state index is 0.142. The molecule has 9 heteroatoms. The van der Waals surface area contributed by atoms with E-state index in [1.54, 1.807) is 18.2 Å². The van der Waals surface area contributed by atoms with Crippen molar-refractivity contribution in [2.75, 3.05) is 6.61 Å². The zero-order valence-corrected chi connectivity index (χ0v) is 15.6. The zero-order chi connectivity index (χ0) is 18.7. The van der Waals surface area contributed by atoms with Crippen LogP contribution in [-0.4, -0.2) is 39.8 Å². The van der Waals surface area contributed by atoms with Gasteiger partial charge in [0, 0.05) is 0 Å². The van der Waals surface area contributed by atoms with Gasteiger partial charge in [-0.3, -0.25) is 4.18 Å². The minimum atomic E-state index is -4.15. The highest BCUT2D eigenvalue weighted by Gasteiger charge is 2.39. The van der Waals surface area contributed by atoms with Gasteiger partial charge in [0.05, 0.1) is 23.6 Å². The Hall–Kier alpha value is -1.48. The average Bonchev–Trinajstić information content (AvgIpc) is 2.53. The highest BCUT2D eigenvalue weighted by Crippen LogP contribution is 2.31. The van der Waals surface area contributed by atoms with Crippen LogP contribution in [0.2, 0.25) is 0 Å². The molecule has 2 atom stereocenters. The number of sulfonamides is 1. The Balaban J connectivity index is 2.42. The summed E-state index contributed by atoms with van der Waals surface area (Å²) in [6, 6.07) is 5.38. The first kappa shape index (κ1) is 19.8. The van der Waals surface area contributed by atoms with Crippen LogP contribution in [0.5, 0.6) is 0 Å². The molecule has 0 bridgehead atoms. The molecule has 0 aliphatic carbocycles. The number of nitrogens with zero attached hydrogens (tertiary/aromatic N) is 1. The first-order chi connectivity index (χ1) is 11.6. The monoisotopic (exact) mass is 386 g/mol. The molecular weight excluding hydrogens is 364 g/mol. The second-order valence-electron chi connectivity index (χ2n) is 5.95. The molecule has 0 unspecified atom stereocenters. The van der Waals surface area contributed by atoms with Gasteiger partial charge in [0.15, 0.2) is 0 Å². The van der Waals surface area contributed by atoms with Gasteiger partial charge in [-0.15, -0.1) is 5.73 Å². The summed E-state index contributed by atoms with van der Waals surface area (Å²) >= 11 is 0. The molecule has 0 saturated carbocycles. The Kier molecular flexibility index (Phi) is 6.21. The predicted octanol–water partition coefficient (Wildman–Crippen LogP) is 1.47. The van der Waals surface area contributed by atoms with Crippen molar-refractivity contribution in [2.24, 2.45) is 5.14 Å². The van der Waals surface area contributed by atoms with E-state index in [-0.39, 0.29) is 11.5 Å². The molecule has 7 nitrogen and oxygen atoms in total. The summed E-state index contributed by atoms with van der Waals surface area (Å²) < 4.78 is 54.4. The first-order valence-electron chi connectivity index (χ1n) is 7.78. The maximum absolute atomic E-state index is 13.1. The van der Waals surface area contributed by atoms with Crippen LogP contribution >= 0.6 is 0 Å². The van der Waals surface area contributed by atoms with Crippen molar-refractivity contribution < 1.29 is 21.0 Å². The molecule has 1 heterocycles. The topological polar surface area (TPSA) is 107 Å². The molecule has 0 radical (unpaired) electrons. The normalized spacial score (nSPS) is 22.3. The maximum atomic E-state index is 13.1. The predicted molar refractivity (Wildman–Crippen MR) is 94.4 cm³/mol. The molecule has 1 aromatic rings. The Morgan fingerprint density at radius 2 is 1.92 bits per heavy atom. The summed E-state index contributed by atoms with van der Waals surface area (Å²) in [7, 11) is -8.00. The highest BCUT2D eigenvalue weighted by molar-refractivity contribution is 7.89. The molecule has 1 aromatic carbocycles. The van der Waals surface area contributed by atoms with Crippen LogP contribution in [0.15, 0.2) is 47.5 Å². The van der Waals surface area contributed by atoms with E-state index < -0.39 is 32.4 Å². The maximum Gasteiger partial charge on any atom is 0.333 e. The SMILES string of the molecule is C=C=C[C@H]1CCC[C@@H](COS(N)(=O)=O)N1S(=O)(=O)c1ccc(C)cc1. The van der Waals surface area contributed by atoms with E-state index in [2.05, 4.69) is 16.5 Å². The quantitative estimate of drug-likeness (QED) is 0.745. The van der Waals surface area contributed by atoms with E-state index in [9.17, 15) is 16.8 Å². The molecular formula is C16H22N2O5S2. The number of rotatable bonds is 6. The number of benzene rings is 1. The van der Waals surface area contributed by atoms with Crippen molar-refractivity contribution >= 4 is 20.3 Å². The number of hydrogen-bond donors (Lipinski definition) is 1. The van der Waals surface area contributed by atoms with Crippen molar-refractivity contribution in [1.29, 1.82) is 0 Å². The van der Waals surface area contributed by atoms with E-state index >= 15 is 0 Å². The molecule has 0 aromatic heterocycles. The number of nitrogens with two attached hydrogens (primary N) is 1. The molecule has 2 rings (SSSR count). The van der Waals surface area contributed by atoms with E-state index in [0.29, 0.717) is 12.8 Å². The Morgan fingerprint density at radius 3 is 2.48 bits per heavy atom. The summed E-state index contributed by atoms with van der Waals surface area (Å²) in [5.41, 5.74) is 3.57. The summed E-state index contributed by atoms with van der Waals surface area (Å²) in [6.45, 7) is 5.05. The van der Waals surface area contributed by atoms with Gasteiger partial charge in [-0.25, -0.2) is 13.6 Å². The third-order valence-corrected chi connectivity index (χ3v) is 6.51. The van der Waals surface area contributed by atoms with Crippen LogP contribution in [-0.2, 0) is 24.5 Å². The highest BCUT2D eigenvalue weighted by atomic mass is 32.2. The third-order valence-electron chi connectivity index (χ3n) is 4.06. The van der Waals surface area contributed by atoms with Crippen LogP contribution in [0.4, 0.5) is 0 Å². The van der Waals surface area contributed by atoms with Gasteiger partial charge < -0.3 is 0 Å². The lowest BCUT2D eigenvalue weighted by Crippen LogP contribution is -2.51. The van der Waals surface area contributed by atoms with Gasteiger partial charge in [0.2, 0.25) is 10.0 Å². The summed E-state index contributed by atoms with van der Waals surface area (Å²) in [6.07, 6.45) is 3.37. The van der Waals surface area contributed by atoms with E-state index in [1.807, 2.05) is 6.92 Å². The lowest BCUT2D eigenvalue weighted by molar-refractivity contribution is 0.147. The first-order valence-corrected chi connectivity index (χ1v) is 10.7.